The summed E-state index contributed by atoms with van der Waals surface area (Å²) in [6, 6.07) is 0. The van der Waals surface area contributed by atoms with Crippen LogP contribution in [0.2, 0.25) is 0 Å². The standard InChI is InChI=1S/C22H24F18O3/c1-3-7-8(4-2)12-10(6-15(42,19(29,30)31)20(32,33)34)9(5-14(41,17(23,24)25)18(26,27)28)11(7)13(12)16(43,21(35,36)37)22(38,39)40/h7-13,41-43H,3-6H2,1-2H3. The van der Waals surface area contributed by atoms with E-state index in [4.69, 9.17) is 0 Å². The second kappa shape index (κ2) is 10.6. The van der Waals surface area contributed by atoms with E-state index in [1.165, 1.54) is 0 Å². The maximum absolute atomic E-state index is 14.0. The highest BCUT2D eigenvalue weighted by Gasteiger charge is 2.84. The molecule has 0 amide bonds. The van der Waals surface area contributed by atoms with Crippen LogP contribution in [0, 0.1) is 41.4 Å². The first kappa shape index (κ1) is 37.8. The third-order valence-electron chi connectivity index (χ3n) is 9.13. The number of hydrogen-bond acceptors (Lipinski definition) is 3. The van der Waals surface area contributed by atoms with Crippen molar-refractivity contribution < 1.29 is 94.3 Å². The average Bonchev–Trinajstić information content (AvgIpc) is 3.24. The van der Waals surface area contributed by atoms with E-state index in [1.54, 1.807) is 0 Å². The average molecular weight is 678 g/mol. The minimum Gasteiger partial charge on any atom is -0.374 e. The van der Waals surface area contributed by atoms with Gasteiger partial charge in [-0.1, -0.05) is 26.7 Å². The predicted octanol–water partition coefficient (Wildman–Crippen LogP) is 7.49. The number of hydrogen-bond donors (Lipinski definition) is 3. The van der Waals surface area contributed by atoms with Gasteiger partial charge in [0.1, 0.15) is 0 Å². The molecule has 0 aromatic rings. The van der Waals surface area contributed by atoms with Gasteiger partial charge in [0.2, 0.25) is 0 Å². The Morgan fingerprint density at radius 2 is 0.628 bits per heavy atom. The molecule has 6 atom stereocenters. The molecule has 3 nitrogen and oxygen atoms in total. The fraction of sp³-hybridized carbons (Fsp3) is 1.00. The first-order valence-electron chi connectivity index (χ1n) is 12.3. The van der Waals surface area contributed by atoms with Crippen LogP contribution in [0.3, 0.4) is 0 Å². The van der Waals surface area contributed by atoms with Gasteiger partial charge in [0.25, 0.3) is 16.8 Å². The van der Waals surface area contributed by atoms with Crippen LogP contribution in [-0.4, -0.2) is 69.2 Å². The highest BCUT2D eigenvalue weighted by Crippen LogP contribution is 2.73. The van der Waals surface area contributed by atoms with E-state index in [9.17, 15) is 94.3 Å². The third-order valence-corrected chi connectivity index (χ3v) is 9.13. The van der Waals surface area contributed by atoms with Crippen LogP contribution in [0.25, 0.3) is 0 Å². The maximum Gasteiger partial charge on any atom is 0.426 e. The summed E-state index contributed by atoms with van der Waals surface area (Å²) in [4.78, 5) is 0. The summed E-state index contributed by atoms with van der Waals surface area (Å²) in [5.74, 6) is -19.5. The lowest BCUT2D eigenvalue weighted by molar-refractivity contribution is -0.391. The second-order valence-electron chi connectivity index (χ2n) is 11.0. The molecule has 0 aromatic carbocycles. The van der Waals surface area contributed by atoms with E-state index in [0.717, 1.165) is 13.8 Å². The Morgan fingerprint density at radius 1 is 0.395 bits per heavy atom. The minimum atomic E-state index is -6.85. The fourth-order valence-electron chi connectivity index (χ4n) is 7.39. The number of fused-ring (bicyclic) bond motifs is 2. The molecule has 0 aliphatic heterocycles. The van der Waals surface area contributed by atoms with Crippen LogP contribution >= 0.6 is 0 Å². The van der Waals surface area contributed by atoms with Gasteiger partial charge in [-0.15, -0.1) is 0 Å². The Bertz CT molecular complexity index is 886. The van der Waals surface area contributed by atoms with Gasteiger partial charge in [0.05, 0.1) is 0 Å². The molecule has 0 radical (unpaired) electrons. The molecule has 21 heteroatoms. The summed E-state index contributed by atoms with van der Waals surface area (Å²) in [5.41, 5.74) is -18.1. The number of halogens is 18. The van der Waals surface area contributed by atoms with Gasteiger partial charge in [-0.05, 0) is 48.3 Å². The molecule has 2 fully saturated rings. The quantitative estimate of drug-likeness (QED) is 0.245. The Morgan fingerprint density at radius 3 is 0.791 bits per heavy atom. The van der Waals surface area contributed by atoms with Crippen molar-refractivity contribution in [2.45, 2.75) is 93.4 Å². The van der Waals surface area contributed by atoms with Gasteiger partial charge in [0.15, 0.2) is 0 Å². The Labute approximate surface area is 230 Å². The fourth-order valence-corrected chi connectivity index (χ4v) is 7.39. The zero-order chi connectivity index (χ0) is 34.4. The molecular formula is C22H24F18O3. The molecule has 0 spiro atoms. The molecule has 2 aliphatic carbocycles. The van der Waals surface area contributed by atoms with Crippen LogP contribution in [0.1, 0.15) is 39.5 Å². The first-order valence-corrected chi connectivity index (χ1v) is 12.3. The van der Waals surface area contributed by atoms with Crippen LogP contribution < -0.4 is 0 Å². The topological polar surface area (TPSA) is 60.7 Å². The third kappa shape index (κ3) is 5.54. The van der Waals surface area contributed by atoms with Crippen molar-refractivity contribution in [3.63, 3.8) is 0 Å². The van der Waals surface area contributed by atoms with E-state index in [1.807, 2.05) is 0 Å². The largest absolute Gasteiger partial charge is 0.426 e. The molecular weight excluding hydrogens is 654 g/mol. The summed E-state index contributed by atoms with van der Waals surface area (Å²) in [6.45, 7) is 1.97. The van der Waals surface area contributed by atoms with Crippen molar-refractivity contribution in [2.75, 3.05) is 0 Å². The van der Waals surface area contributed by atoms with Crippen molar-refractivity contribution in [3.8, 4) is 0 Å². The van der Waals surface area contributed by atoms with Crippen molar-refractivity contribution >= 4 is 0 Å². The van der Waals surface area contributed by atoms with Gasteiger partial charge >= 0.3 is 37.1 Å². The molecule has 0 saturated heterocycles. The summed E-state index contributed by atoms with van der Waals surface area (Å²) in [6.07, 6.45) is -48.4. The summed E-state index contributed by atoms with van der Waals surface area (Å²) in [5, 5.41) is 29.7. The zero-order valence-electron chi connectivity index (χ0n) is 21.5. The maximum atomic E-state index is 14.0. The normalized spacial score (nSPS) is 30.3. The molecule has 2 saturated carbocycles. The SMILES string of the molecule is CCC1C(CC)C2C(CC(O)(C(F)(F)F)C(F)(F)F)C(CC(O)(C(F)(F)F)C(F)(F)F)C1C2C(O)(C(F)(F)F)C(F)(F)F. The molecule has 43 heavy (non-hydrogen) atoms. The van der Waals surface area contributed by atoms with Crippen LogP contribution in [-0.2, 0) is 0 Å². The van der Waals surface area contributed by atoms with Crippen molar-refractivity contribution in [1.82, 2.24) is 0 Å². The summed E-state index contributed by atoms with van der Waals surface area (Å²) >= 11 is 0. The number of aliphatic hydroxyl groups is 3. The van der Waals surface area contributed by atoms with Crippen LogP contribution in [0.5, 0.6) is 0 Å². The minimum absolute atomic E-state index is 0.648. The highest BCUT2D eigenvalue weighted by molar-refractivity contribution is 5.20. The Kier molecular flexibility index (Phi) is 9.30. The highest BCUT2D eigenvalue weighted by atomic mass is 19.4. The van der Waals surface area contributed by atoms with Gasteiger partial charge < -0.3 is 15.3 Å². The lowest BCUT2D eigenvalue weighted by atomic mass is 9.61. The molecule has 256 valence electrons. The number of alkyl halides is 18. The molecule has 2 rings (SSSR count). The van der Waals surface area contributed by atoms with E-state index in [-0.39, 0.29) is 0 Å². The summed E-state index contributed by atoms with van der Waals surface area (Å²) < 4.78 is 247. The van der Waals surface area contributed by atoms with Crippen molar-refractivity contribution in [2.24, 2.45) is 41.4 Å². The van der Waals surface area contributed by atoms with Gasteiger partial charge in [-0.3, -0.25) is 0 Å². The molecule has 3 N–H and O–H groups in total. The smallest absolute Gasteiger partial charge is 0.374 e. The Balaban J connectivity index is 3.06. The lowest BCUT2D eigenvalue weighted by Crippen LogP contribution is -2.63. The predicted molar refractivity (Wildman–Crippen MR) is 105 cm³/mol. The summed E-state index contributed by atoms with van der Waals surface area (Å²) in [7, 11) is 0. The van der Waals surface area contributed by atoms with E-state index < -0.39 is 121 Å². The Hall–Kier alpha value is -1.38. The molecule has 2 bridgehead atoms. The van der Waals surface area contributed by atoms with Crippen LogP contribution in [0.15, 0.2) is 0 Å². The molecule has 2 aliphatic rings. The lowest BCUT2D eigenvalue weighted by Gasteiger charge is -2.46. The monoisotopic (exact) mass is 678 g/mol. The van der Waals surface area contributed by atoms with E-state index in [0.29, 0.717) is 0 Å². The van der Waals surface area contributed by atoms with Crippen molar-refractivity contribution in [1.29, 1.82) is 0 Å². The number of rotatable bonds is 7. The van der Waals surface area contributed by atoms with E-state index in [2.05, 4.69) is 0 Å². The molecule has 6 unspecified atom stereocenters. The van der Waals surface area contributed by atoms with Gasteiger partial charge in [-0.2, -0.15) is 79.0 Å². The molecule has 0 aromatic heterocycles. The van der Waals surface area contributed by atoms with Crippen molar-refractivity contribution in [3.05, 3.63) is 0 Å². The molecule has 0 heterocycles. The van der Waals surface area contributed by atoms with Gasteiger partial charge in [-0.25, -0.2) is 0 Å². The first-order chi connectivity index (χ1) is 18.7. The van der Waals surface area contributed by atoms with Gasteiger partial charge in [0, 0.05) is 5.92 Å². The zero-order valence-corrected chi connectivity index (χ0v) is 21.5. The van der Waals surface area contributed by atoms with E-state index >= 15 is 0 Å². The second-order valence-corrected chi connectivity index (χ2v) is 11.0. The van der Waals surface area contributed by atoms with Crippen LogP contribution in [0.4, 0.5) is 79.0 Å².